The number of nitrogens with zero attached hydrogens (tertiary/aromatic N) is 2. The molecule has 0 aliphatic rings. The fourth-order valence-electron chi connectivity index (χ4n) is 2.56. The Labute approximate surface area is 157 Å². The summed E-state index contributed by atoms with van der Waals surface area (Å²) in [5, 5.41) is 11.9. The van der Waals surface area contributed by atoms with Crippen LogP contribution in [0.3, 0.4) is 0 Å². The molecule has 26 heavy (non-hydrogen) atoms. The van der Waals surface area contributed by atoms with Crippen LogP contribution in [0.2, 0.25) is 5.02 Å². The summed E-state index contributed by atoms with van der Waals surface area (Å²) in [6.07, 6.45) is 2.25. The van der Waals surface area contributed by atoms with Crippen molar-refractivity contribution >= 4 is 17.5 Å². The number of aromatic nitrogens is 2. The molecule has 1 aromatic heterocycles. The Morgan fingerprint density at radius 2 is 1.85 bits per heavy atom. The van der Waals surface area contributed by atoms with E-state index < -0.39 is 6.04 Å². The van der Waals surface area contributed by atoms with Crippen molar-refractivity contribution in [1.29, 1.82) is 0 Å². The largest absolute Gasteiger partial charge is 0.418 e. The first-order chi connectivity index (χ1) is 12.7. The Kier molecular flexibility index (Phi) is 6.02. The van der Waals surface area contributed by atoms with Crippen molar-refractivity contribution in [2.24, 2.45) is 0 Å². The van der Waals surface area contributed by atoms with Gasteiger partial charge in [-0.2, -0.15) is 0 Å². The summed E-state index contributed by atoms with van der Waals surface area (Å²) in [4.78, 5) is 12.3. The third-order valence-electron chi connectivity index (χ3n) is 3.97. The molecule has 0 bridgehead atoms. The van der Waals surface area contributed by atoms with E-state index in [0.29, 0.717) is 23.2 Å². The Morgan fingerprint density at radius 3 is 2.54 bits per heavy atom. The summed E-state index contributed by atoms with van der Waals surface area (Å²) in [6.45, 7) is 2.05. The molecule has 1 amide bonds. The second-order valence-corrected chi connectivity index (χ2v) is 6.40. The zero-order chi connectivity index (χ0) is 18.4. The third kappa shape index (κ3) is 4.49. The van der Waals surface area contributed by atoms with Crippen molar-refractivity contribution < 1.29 is 9.21 Å². The summed E-state index contributed by atoms with van der Waals surface area (Å²) in [5.74, 6) is 0.713. The first kappa shape index (κ1) is 18.1. The van der Waals surface area contributed by atoms with Gasteiger partial charge in [-0.05, 0) is 36.2 Å². The van der Waals surface area contributed by atoms with E-state index in [2.05, 4.69) is 15.5 Å². The molecule has 3 rings (SSSR count). The topological polar surface area (TPSA) is 68.0 Å². The lowest BCUT2D eigenvalue weighted by molar-refractivity contribution is -0.121. The third-order valence-corrected chi connectivity index (χ3v) is 4.23. The molecule has 0 spiro atoms. The number of halogens is 1. The molecule has 5 nitrogen and oxygen atoms in total. The molecule has 6 heteroatoms. The SMILES string of the molecule is CCCCC(=O)NC(c1ccc(Cl)cc1)c1nnc(-c2ccccc2)o1. The van der Waals surface area contributed by atoms with Gasteiger partial charge in [-0.1, -0.05) is 55.3 Å². The molecular weight excluding hydrogens is 350 g/mol. The minimum Gasteiger partial charge on any atom is -0.418 e. The maximum atomic E-state index is 12.3. The summed E-state index contributed by atoms with van der Waals surface area (Å²) in [5.41, 5.74) is 1.67. The van der Waals surface area contributed by atoms with Gasteiger partial charge >= 0.3 is 0 Å². The summed E-state index contributed by atoms with van der Waals surface area (Å²) >= 11 is 5.98. The zero-order valence-electron chi connectivity index (χ0n) is 14.5. The van der Waals surface area contributed by atoms with Gasteiger partial charge in [-0.25, -0.2) is 0 Å². The molecule has 1 N–H and O–H groups in total. The quantitative estimate of drug-likeness (QED) is 0.650. The van der Waals surface area contributed by atoms with Crippen LogP contribution in [0, 0.1) is 0 Å². The molecule has 0 saturated heterocycles. The van der Waals surface area contributed by atoms with E-state index in [1.54, 1.807) is 12.1 Å². The van der Waals surface area contributed by atoms with Crippen molar-refractivity contribution in [2.75, 3.05) is 0 Å². The fraction of sp³-hybridized carbons (Fsp3) is 0.250. The second kappa shape index (κ2) is 8.63. The van der Waals surface area contributed by atoms with E-state index in [9.17, 15) is 4.79 Å². The molecule has 0 saturated carbocycles. The first-order valence-corrected chi connectivity index (χ1v) is 8.99. The van der Waals surface area contributed by atoms with E-state index in [4.69, 9.17) is 16.0 Å². The Bertz CT molecular complexity index is 847. The van der Waals surface area contributed by atoms with Crippen molar-refractivity contribution in [2.45, 2.75) is 32.2 Å². The number of benzene rings is 2. The lowest BCUT2D eigenvalue weighted by atomic mass is 10.1. The average molecular weight is 370 g/mol. The molecule has 0 aliphatic carbocycles. The minimum atomic E-state index is -0.512. The Morgan fingerprint density at radius 1 is 1.12 bits per heavy atom. The highest BCUT2D eigenvalue weighted by atomic mass is 35.5. The molecule has 1 heterocycles. The molecule has 0 radical (unpaired) electrons. The van der Waals surface area contributed by atoms with Gasteiger partial charge in [0.25, 0.3) is 0 Å². The van der Waals surface area contributed by atoms with Gasteiger partial charge in [0, 0.05) is 17.0 Å². The van der Waals surface area contributed by atoms with Crippen LogP contribution in [0.15, 0.2) is 59.0 Å². The molecule has 1 unspecified atom stereocenters. The average Bonchev–Trinajstić information content (AvgIpc) is 3.16. The van der Waals surface area contributed by atoms with Crippen LogP contribution < -0.4 is 5.32 Å². The van der Waals surface area contributed by atoms with Gasteiger partial charge in [-0.15, -0.1) is 10.2 Å². The van der Waals surface area contributed by atoms with Crippen molar-refractivity contribution in [3.8, 4) is 11.5 Å². The maximum Gasteiger partial charge on any atom is 0.247 e. The van der Waals surface area contributed by atoms with Gasteiger partial charge in [0.2, 0.25) is 17.7 Å². The van der Waals surface area contributed by atoms with E-state index in [0.717, 1.165) is 24.0 Å². The minimum absolute atomic E-state index is 0.0498. The van der Waals surface area contributed by atoms with Crippen LogP contribution in [0.1, 0.15) is 43.7 Å². The predicted octanol–water partition coefficient (Wildman–Crippen LogP) is 4.79. The van der Waals surface area contributed by atoms with Crippen molar-refractivity contribution in [3.63, 3.8) is 0 Å². The van der Waals surface area contributed by atoms with Crippen LogP contribution in [0.4, 0.5) is 0 Å². The molecule has 2 aromatic carbocycles. The van der Waals surface area contributed by atoms with Gasteiger partial charge in [0.05, 0.1) is 0 Å². The number of hydrogen-bond donors (Lipinski definition) is 1. The summed E-state index contributed by atoms with van der Waals surface area (Å²) in [7, 11) is 0. The number of rotatable bonds is 7. The highest BCUT2D eigenvalue weighted by Gasteiger charge is 2.23. The highest BCUT2D eigenvalue weighted by Crippen LogP contribution is 2.26. The van der Waals surface area contributed by atoms with E-state index in [1.807, 2.05) is 49.4 Å². The summed E-state index contributed by atoms with van der Waals surface area (Å²) < 4.78 is 5.85. The number of carbonyl (C=O) groups is 1. The van der Waals surface area contributed by atoms with Gasteiger partial charge in [-0.3, -0.25) is 4.79 Å². The number of amides is 1. The van der Waals surface area contributed by atoms with Crippen LogP contribution in [-0.2, 0) is 4.79 Å². The monoisotopic (exact) mass is 369 g/mol. The standard InChI is InChI=1S/C20H20ClN3O2/c1-2-3-9-17(25)22-18(14-10-12-16(21)13-11-14)20-24-23-19(26-20)15-7-5-4-6-8-15/h4-8,10-13,18H,2-3,9H2,1H3,(H,22,25). The summed E-state index contributed by atoms with van der Waals surface area (Å²) in [6, 6.07) is 16.3. The Hall–Kier alpha value is -2.66. The molecule has 134 valence electrons. The number of hydrogen-bond acceptors (Lipinski definition) is 4. The van der Waals surface area contributed by atoms with Crippen LogP contribution in [0.5, 0.6) is 0 Å². The van der Waals surface area contributed by atoms with Crippen LogP contribution in [-0.4, -0.2) is 16.1 Å². The number of unbranched alkanes of at least 4 members (excludes halogenated alkanes) is 1. The predicted molar refractivity (Wildman–Crippen MR) is 101 cm³/mol. The zero-order valence-corrected chi connectivity index (χ0v) is 15.2. The molecule has 0 fully saturated rings. The number of nitrogens with one attached hydrogen (secondary N) is 1. The smallest absolute Gasteiger partial charge is 0.247 e. The molecule has 1 atom stereocenters. The lowest BCUT2D eigenvalue weighted by Crippen LogP contribution is -2.29. The van der Waals surface area contributed by atoms with E-state index in [1.165, 1.54) is 0 Å². The van der Waals surface area contributed by atoms with Gasteiger partial charge < -0.3 is 9.73 Å². The highest BCUT2D eigenvalue weighted by molar-refractivity contribution is 6.30. The van der Waals surface area contributed by atoms with Crippen molar-refractivity contribution in [3.05, 3.63) is 71.1 Å². The second-order valence-electron chi connectivity index (χ2n) is 5.97. The van der Waals surface area contributed by atoms with Crippen LogP contribution >= 0.6 is 11.6 Å². The number of carbonyl (C=O) groups excluding carboxylic acids is 1. The molecular formula is C20H20ClN3O2. The van der Waals surface area contributed by atoms with Gasteiger partial charge in [0.1, 0.15) is 6.04 Å². The normalized spacial score (nSPS) is 11.9. The maximum absolute atomic E-state index is 12.3. The van der Waals surface area contributed by atoms with Crippen molar-refractivity contribution in [1.82, 2.24) is 15.5 Å². The lowest BCUT2D eigenvalue weighted by Gasteiger charge is -2.16. The molecule has 3 aromatic rings. The van der Waals surface area contributed by atoms with Gasteiger partial charge in [0.15, 0.2) is 0 Å². The fourth-order valence-corrected chi connectivity index (χ4v) is 2.69. The van der Waals surface area contributed by atoms with Crippen LogP contribution in [0.25, 0.3) is 11.5 Å². The van der Waals surface area contributed by atoms with E-state index >= 15 is 0 Å². The van der Waals surface area contributed by atoms with E-state index in [-0.39, 0.29) is 5.91 Å². The Balaban J connectivity index is 1.89. The first-order valence-electron chi connectivity index (χ1n) is 8.61. The molecule has 0 aliphatic heterocycles.